The van der Waals surface area contributed by atoms with Crippen LogP contribution in [0.25, 0.3) is 10.8 Å². The van der Waals surface area contributed by atoms with Gasteiger partial charge in [-0.1, -0.05) is 60.7 Å². The molecule has 0 bridgehead atoms. The number of carbonyl (C=O) groups excluding carboxylic acids is 2. The first kappa shape index (κ1) is 21.4. The molecule has 1 unspecified atom stereocenters. The van der Waals surface area contributed by atoms with E-state index >= 15 is 0 Å². The fourth-order valence-electron chi connectivity index (χ4n) is 3.80. The van der Waals surface area contributed by atoms with Crippen molar-refractivity contribution in [2.24, 2.45) is 0 Å². The number of rotatable bonds is 8. The van der Waals surface area contributed by atoms with E-state index in [0.717, 1.165) is 22.0 Å². The smallest absolute Gasteiger partial charge is 0.251 e. The third kappa shape index (κ3) is 5.05. The highest BCUT2D eigenvalue weighted by Gasteiger charge is 2.27. The van der Waals surface area contributed by atoms with E-state index in [0.29, 0.717) is 12.0 Å². The van der Waals surface area contributed by atoms with Crippen molar-refractivity contribution in [3.8, 4) is 0 Å². The Morgan fingerprint density at radius 3 is 2.50 bits per heavy atom. The zero-order valence-electron chi connectivity index (χ0n) is 17.4. The van der Waals surface area contributed by atoms with Crippen LogP contribution in [0.1, 0.15) is 22.3 Å². The SMILES string of the molecule is O=C(CC(Cc1ccc2ccccc2c1)N1NNC=C1CNC(=O)c1ccccc1)NO. The molecular weight excluding hydrogens is 406 g/mol. The van der Waals surface area contributed by atoms with Gasteiger partial charge in [0, 0.05) is 11.8 Å². The van der Waals surface area contributed by atoms with Crippen molar-refractivity contribution >= 4 is 22.6 Å². The molecular formula is C24H25N5O3. The molecule has 164 valence electrons. The lowest BCUT2D eigenvalue weighted by Crippen LogP contribution is -2.49. The molecule has 0 aliphatic carbocycles. The molecule has 1 aliphatic heterocycles. The molecule has 0 aromatic heterocycles. The first-order chi connectivity index (χ1) is 15.6. The number of hydrazine groups is 2. The van der Waals surface area contributed by atoms with Crippen LogP contribution in [0.15, 0.2) is 84.7 Å². The van der Waals surface area contributed by atoms with Gasteiger partial charge in [-0.25, -0.2) is 5.48 Å². The molecule has 5 N–H and O–H groups in total. The Balaban J connectivity index is 1.49. The van der Waals surface area contributed by atoms with Gasteiger partial charge >= 0.3 is 0 Å². The van der Waals surface area contributed by atoms with E-state index in [9.17, 15) is 9.59 Å². The molecule has 0 fully saturated rings. The van der Waals surface area contributed by atoms with Gasteiger partial charge in [-0.3, -0.25) is 19.8 Å². The van der Waals surface area contributed by atoms with E-state index in [2.05, 4.69) is 34.5 Å². The summed E-state index contributed by atoms with van der Waals surface area (Å²) in [7, 11) is 0. The number of carbonyl (C=O) groups is 2. The third-order valence-corrected chi connectivity index (χ3v) is 5.40. The molecule has 0 spiro atoms. The Labute approximate surface area is 185 Å². The molecule has 2 amide bonds. The number of hydrogen-bond donors (Lipinski definition) is 5. The zero-order valence-corrected chi connectivity index (χ0v) is 17.4. The van der Waals surface area contributed by atoms with Crippen LogP contribution in [0.4, 0.5) is 0 Å². The van der Waals surface area contributed by atoms with Gasteiger partial charge < -0.3 is 10.7 Å². The second kappa shape index (κ2) is 9.95. The highest BCUT2D eigenvalue weighted by molar-refractivity contribution is 5.94. The molecule has 0 saturated heterocycles. The van der Waals surface area contributed by atoms with Crippen molar-refractivity contribution < 1.29 is 14.8 Å². The van der Waals surface area contributed by atoms with Gasteiger partial charge in [0.1, 0.15) is 0 Å². The van der Waals surface area contributed by atoms with E-state index in [-0.39, 0.29) is 24.9 Å². The van der Waals surface area contributed by atoms with Gasteiger partial charge in [-0.2, -0.15) is 0 Å². The van der Waals surface area contributed by atoms with Crippen LogP contribution in [0.5, 0.6) is 0 Å². The molecule has 3 aromatic rings. The van der Waals surface area contributed by atoms with Crippen molar-refractivity contribution in [2.45, 2.75) is 18.9 Å². The Morgan fingerprint density at radius 1 is 0.969 bits per heavy atom. The van der Waals surface area contributed by atoms with Crippen LogP contribution in [-0.4, -0.2) is 34.6 Å². The minimum absolute atomic E-state index is 0.0575. The van der Waals surface area contributed by atoms with Crippen LogP contribution in [0, 0.1) is 0 Å². The van der Waals surface area contributed by atoms with Crippen molar-refractivity contribution in [3.63, 3.8) is 0 Å². The Bertz CT molecular complexity index is 1130. The van der Waals surface area contributed by atoms with Gasteiger partial charge in [0.25, 0.3) is 5.91 Å². The summed E-state index contributed by atoms with van der Waals surface area (Å²) in [5.41, 5.74) is 10.1. The van der Waals surface area contributed by atoms with Gasteiger partial charge in [0.15, 0.2) is 0 Å². The van der Waals surface area contributed by atoms with E-state index in [4.69, 9.17) is 5.21 Å². The van der Waals surface area contributed by atoms with E-state index in [1.807, 2.05) is 47.5 Å². The molecule has 8 nitrogen and oxygen atoms in total. The molecule has 1 heterocycles. The highest BCUT2D eigenvalue weighted by Crippen LogP contribution is 2.21. The largest absolute Gasteiger partial charge is 0.346 e. The summed E-state index contributed by atoms with van der Waals surface area (Å²) in [6, 6.07) is 23.0. The van der Waals surface area contributed by atoms with E-state index in [1.165, 1.54) is 0 Å². The number of amides is 2. The lowest BCUT2D eigenvalue weighted by Gasteiger charge is -2.31. The monoisotopic (exact) mass is 431 g/mol. The maximum atomic E-state index is 12.4. The molecule has 0 radical (unpaired) electrons. The Kier molecular flexibility index (Phi) is 6.64. The minimum Gasteiger partial charge on any atom is -0.346 e. The normalized spacial score (nSPS) is 13.9. The van der Waals surface area contributed by atoms with Crippen LogP contribution in [0.3, 0.4) is 0 Å². The van der Waals surface area contributed by atoms with Crippen LogP contribution < -0.4 is 21.8 Å². The summed E-state index contributed by atoms with van der Waals surface area (Å²) in [6.45, 7) is 0.267. The quantitative estimate of drug-likeness (QED) is 0.277. The number of nitrogens with one attached hydrogen (secondary N) is 4. The van der Waals surface area contributed by atoms with Crippen LogP contribution in [0.2, 0.25) is 0 Å². The second-order valence-corrected chi connectivity index (χ2v) is 7.59. The first-order valence-corrected chi connectivity index (χ1v) is 10.4. The lowest BCUT2D eigenvalue weighted by molar-refractivity contribution is -0.130. The number of fused-ring (bicyclic) bond motifs is 1. The summed E-state index contributed by atoms with van der Waals surface area (Å²) in [5, 5.41) is 16.1. The topological polar surface area (TPSA) is 106 Å². The first-order valence-electron chi connectivity index (χ1n) is 10.4. The van der Waals surface area contributed by atoms with Crippen molar-refractivity contribution in [1.82, 2.24) is 26.8 Å². The van der Waals surface area contributed by atoms with Crippen LogP contribution >= 0.6 is 0 Å². The van der Waals surface area contributed by atoms with Crippen LogP contribution in [-0.2, 0) is 11.2 Å². The molecule has 3 aromatic carbocycles. The average molecular weight is 431 g/mol. The average Bonchev–Trinajstić information content (AvgIpc) is 3.31. The fourth-order valence-corrected chi connectivity index (χ4v) is 3.80. The zero-order chi connectivity index (χ0) is 22.3. The molecule has 1 atom stereocenters. The summed E-state index contributed by atoms with van der Waals surface area (Å²) in [5.74, 6) is -0.672. The number of hydrogen-bond acceptors (Lipinski definition) is 6. The van der Waals surface area contributed by atoms with Gasteiger partial charge in [0.2, 0.25) is 5.91 Å². The predicted octanol–water partition coefficient (Wildman–Crippen LogP) is 2.24. The maximum absolute atomic E-state index is 12.4. The summed E-state index contributed by atoms with van der Waals surface area (Å²) >= 11 is 0. The van der Waals surface area contributed by atoms with Gasteiger partial charge in [-0.15, -0.1) is 5.53 Å². The summed E-state index contributed by atoms with van der Waals surface area (Å²) < 4.78 is 0. The lowest BCUT2D eigenvalue weighted by atomic mass is 9.99. The predicted molar refractivity (Wildman–Crippen MR) is 121 cm³/mol. The summed E-state index contributed by atoms with van der Waals surface area (Å²) in [6.07, 6.45) is 2.36. The summed E-state index contributed by atoms with van der Waals surface area (Å²) in [4.78, 5) is 24.4. The number of benzene rings is 3. The maximum Gasteiger partial charge on any atom is 0.251 e. The number of nitrogens with zero attached hydrogens (tertiary/aromatic N) is 1. The Hall–Kier alpha value is -3.88. The highest BCUT2D eigenvalue weighted by atomic mass is 16.5. The second-order valence-electron chi connectivity index (χ2n) is 7.59. The van der Waals surface area contributed by atoms with E-state index in [1.54, 1.807) is 23.8 Å². The van der Waals surface area contributed by atoms with Crippen molar-refractivity contribution in [1.29, 1.82) is 0 Å². The van der Waals surface area contributed by atoms with Crippen molar-refractivity contribution in [3.05, 3.63) is 95.8 Å². The standard InChI is InChI=1S/C24H25N5O3/c30-23(27-32)14-21(13-17-10-11-18-6-4-5-9-20(18)12-17)29-22(16-26-28-29)15-25-24(31)19-7-2-1-3-8-19/h1-12,16,21,26,28,32H,13-15H2,(H,25,31)(H,27,30). The third-order valence-electron chi connectivity index (χ3n) is 5.40. The molecule has 8 heteroatoms. The van der Waals surface area contributed by atoms with Gasteiger partial charge in [-0.05, 0) is 34.9 Å². The number of hydroxylamine groups is 1. The molecule has 1 aliphatic rings. The van der Waals surface area contributed by atoms with E-state index < -0.39 is 5.91 Å². The molecule has 4 rings (SSSR count). The fraction of sp³-hybridized carbons (Fsp3) is 0.167. The Morgan fingerprint density at radius 2 is 1.72 bits per heavy atom. The van der Waals surface area contributed by atoms with Gasteiger partial charge in [0.05, 0.1) is 24.7 Å². The van der Waals surface area contributed by atoms with Crippen molar-refractivity contribution in [2.75, 3.05) is 6.54 Å². The molecule has 0 saturated carbocycles. The minimum atomic E-state index is -0.489. The molecule has 32 heavy (non-hydrogen) atoms.